The Morgan fingerprint density at radius 3 is 2.48 bits per heavy atom. The molecule has 8 nitrogen and oxygen atoms in total. The van der Waals surface area contributed by atoms with Crippen molar-refractivity contribution in [3.05, 3.63) is 29.8 Å². The Balaban J connectivity index is 1.75. The molecule has 0 atom stereocenters. The first-order valence-electron chi connectivity index (χ1n) is 7.05. The van der Waals surface area contributed by atoms with Gasteiger partial charge in [-0.15, -0.1) is 5.10 Å². The molecule has 0 bridgehead atoms. The number of hydrogen-bond acceptors (Lipinski definition) is 7. The molecule has 122 valence electrons. The molecule has 1 saturated heterocycles. The van der Waals surface area contributed by atoms with Crippen LogP contribution in [-0.4, -0.2) is 61.3 Å². The van der Waals surface area contributed by atoms with Crippen LogP contribution in [0.5, 0.6) is 0 Å². The molecule has 0 spiro atoms. The van der Waals surface area contributed by atoms with Crippen LogP contribution in [0.4, 0.5) is 5.95 Å². The zero-order valence-corrected chi connectivity index (χ0v) is 13.3. The van der Waals surface area contributed by atoms with Gasteiger partial charge in [-0.2, -0.15) is 4.98 Å². The number of ether oxygens (including phenoxy) is 1. The summed E-state index contributed by atoms with van der Waals surface area (Å²) in [6, 6.07) is 6.79. The minimum atomic E-state index is -2.94. The van der Waals surface area contributed by atoms with E-state index in [-0.39, 0.29) is 11.5 Å². The molecule has 2 aromatic rings. The summed E-state index contributed by atoms with van der Waals surface area (Å²) in [6.45, 7) is 0.780. The number of nitrogens with zero attached hydrogens (tertiary/aromatic N) is 3. The number of esters is 1. The molecule has 2 heterocycles. The third kappa shape index (κ3) is 3.34. The number of H-pyrrole nitrogens is 1. The van der Waals surface area contributed by atoms with Gasteiger partial charge in [-0.05, 0) is 12.1 Å². The largest absolute Gasteiger partial charge is 0.465 e. The van der Waals surface area contributed by atoms with Gasteiger partial charge in [0.1, 0.15) is 0 Å². The second-order valence-electron chi connectivity index (χ2n) is 5.19. The highest BCUT2D eigenvalue weighted by molar-refractivity contribution is 7.91. The molecular formula is C14H16N4O4S. The zero-order chi connectivity index (χ0) is 16.4. The van der Waals surface area contributed by atoms with Crippen LogP contribution in [0.15, 0.2) is 24.3 Å². The maximum atomic E-state index is 11.5. The molecule has 9 heteroatoms. The summed E-state index contributed by atoms with van der Waals surface area (Å²) in [5.74, 6) is 0.871. The molecule has 0 amide bonds. The van der Waals surface area contributed by atoms with E-state index in [0.717, 1.165) is 5.56 Å². The van der Waals surface area contributed by atoms with Gasteiger partial charge in [0.2, 0.25) is 5.95 Å². The molecule has 1 fully saturated rings. The maximum Gasteiger partial charge on any atom is 0.337 e. The minimum absolute atomic E-state index is 0.116. The van der Waals surface area contributed by atoms with Crippen LogP contribution in [0.3, 0.4) is 0 Å². The van der Waals surface area contributed by atoms with E-state index in [1.165, 1.54) is 7.11 Å². The lowest BCUT2D eigenvalue weighted by Gasteiger charge is -2.25. The number of aromatic amines is 1. The second-order valence-corrected chi connectivity index (χ2v) is 7.50. The van der Waals surface area contributed by atoms with Crippen LogP contribution in [0.1, 0.15) is 10.4 Å². The number of hydrogen-bond donors (Lipinski definition) is 1. The Morgan fingerprint density at radius 2 is 1.87 bits per heavy atom. The number of nitrogens with one attached hydrogen (secondary N) is 1. The molecule has 0 radical (unpaired) electrons. The van der Waals surface area contributed by atoms with Crippen LogP contribution in [0.2, 0.25) is 0 Å². The highest BCUT2D eigenvalue weighted by atomic mass is 32.2. The maximum absolute atomic E-state index is 11.5. The standard InChI is InChI=1S/C14H16N4O4S/c1-22-13(19)11-4-2-10(3-5-11)12-15-14(17-16-12)18-6-8-23(20,21)9-7-18/h2-5H,6-9H2,1H3,(H,15,16,17). The van der Waals surface area contributed by atoms with Crippen LogP contribution in [0, 0.1) is 0 Å². The number of methoxy groups -OCH3 is 1. The number of anilines is 1. The number of rotatable bonds is 3. The van der Waals surface area contributed by atoms with Crippen LogP contribution in [0.25, 0.3) is 11.4 Å². The average Bonchev–Trinajstić information content (AvgIpc) is 3.04. The molecule has 0 aliphatic carbocycles. The number of benzene rings is 1. The van der Waals surface area contributed by atoms with Crippen molar-refractivity contribution < 1.29 is 17.9 Å². The fourth-order valence-electron chi connectivity index (χ4n) is 2.32. The molecule has 1 aromatic heterocycles. The summed E-state index contributed by atoms with van der Waals surface area (Å²) < 4.78 is 27.6. The fourth-order valence-corrected chi connectivity index (χ4v) is 3.52. The fraction of sp³-hybridized carbons (Fsp3) is 0.357. The lowest BCUT2D eigenvalue weighted by molar-refractivity contribution is 0.0600. The topological polar surface area (TPSA) is 105 Å². The number of aromatic nitrogens is 3. The van der Waals surface area contributed by atoms with Crippen molar-refractivity contribution in [2.75, 3.05) is 36.6 Å². The van der Waals surface area contributed by atoms with Crippen molar-refractivity contribution in [3.8, 4) is 11.4 Å². The lowest BCUT2D eigenvalue weighted by atomic mass is 10.1. The van der Waals surface area contributed by atoms with E-state index in [4.69, 9.17) is 0 Å². The van der Waals surface area contributed by atoms with Crippen molar-refractivity contribution in [3.63, 3.8) is 0 Å². The van der Waals surface area contributed by atoms with Gasteiger partial charge < -0.3 is 9.64 Å². The van der Waals surface area contributed by atoms with Crippen molar-refractivity contribution in [1.29, 1.82) is 0 Å². The van der Waals surface area contributed by atoms with Gasteiger partial charge in [0.15, 0.2) is 15.7 Å². The van der Waals surface area contributed by atoms with Crippen molar-refractivity contribution in [2.45, 2.75) is 0 Å². The summed E-state index contributed by atoms with van der Waals surface area (Å²) in [6.07, 6.45) is 0. The Labute approximate surface area is 133 Å². The van der Waals surface area contributed by atoms with Gasteiger partial charge in [-0.25, -0.2) is 13.2 Å². The quantitative estimate of drug-likeness (QED) is 0.813. The normalized spacial score (nSPS) is 17.0. The predicted octanol–water partition coefficient (Wildman–Crippen LogP) is 0.493. The summed E-state index contributed by atoms with van der Waals surface area (Å²) in [4.78, 5) is 17.6. The van der Waals surface area contributed by atoms with Crippen LogP contribution in [-0.2, 0) is 14.6 Å². The minimum Gasteiger partial charge on any atom is -0.465 e. The van der Waals surface area contributed by atoms with Gasteiger partial charge in [-0.3, -0.25) is 5.10 Å². The van der Waals surface area contributed by atoms with Crippen molar-refractivity contribution >= 4 is 21.8 Å². The van der Waals surface area contributed by atoms with Gasteiger partial charge in [-0.1, -0.05) is 12.1 Å². The Morgan fingerprint density at radius 1 is 1.22 bits per heavy atom. The number of sulfone groups is 1. The molecule has 0 saturated carbocycles. The van der Waals surface area contributed by atoms with E-state index in [2.05, 4.69) is 19.9 Å². The monoisotopic (exact) mass is 336 g/mol. The lowest BCUT2D eigenvalue weighted by Crippen LogP contribution is -2.40. The molecule has 1 N–H and O–H groups in total. The predicted molar refractivity (Wildman–Crippen MR) is 84.0 cm³/mol. The van der Waals surface area contributed by atoms with Gasteiger partial charge in [0.25, 0.3) is 0 Å². The van der Waals surface area contributed by atoms with Gasteiger partial charge in [0.05, 0.1) is 24.2 Å². The first kappa shape index (κ1) is 15.5. The molecular weight excluding hydrogens is 320 g/mol. The molecule has 1 aliphatic heterocycles. The Kier molecular flexibility index (Phi) is 4.03. The highest BCUT2D eigenvalue weighted by Crippen LogP contribution is 2.19. The average molecular weight is 336 g/mol. The zero-order valence-electron chi connectivity index (χ0n) is 12.5. The molecule has 0 unspecified atom stereocenters. The first-order chi connectivity index (χ1) is 11.0. The second kappa shape index (κ2) is 5.99. The molecule has 1 aliphatic rings. The van der Waals surface area contributed by atoms with E-state index < -0.39 is 15.8 Å². The van der Waals surface area contributed by atoms with Crippen molar-refractivity contribution in [1.82, 2.24) is 15.2 Å². The molecule has 23 heavy (non-hydrogen) atoms. The number of carbonyl (C=O) groups is 1. The van der Waals surface area contributed by atoms with Crippen molar-refractivity contribution in [2.24, 2.45) is 0 Å². The Hall–Kier alpha value is -2.42. The van der Waals surface area contributed by atoms with E-state index in [9.17, 15) is 13.2 Å². The van der Waals surface area contributed by atoms with E-state index in [0.29, 0.717) is 30.4 Å². The van der Waals surface area contributed by atoms with E-state index in [1.807, 2.05) is 4.90 Å². The third-order valence-corrected chi connectivity index (χ3v) is 5.29. The van der Waals surface area contributed by atoms with Gasteiger partial charge in [0, 0.05) is 18.7 Å². The first-order valence-corrected chi connectivity index (χ1v) is 8.87. The third-order valence-electron chi connectivity index (χ3n) is 3.68. The SMILES string of the molecule is COC(=O)c1ccc(-c2nc(N3CCS(=O)(=O)CC3)n[nH]2)cc1. The number of carbonyl (C=O) groups excluding carboxylic acids is 1. The smallest absolute Gasteiger partial charge is 0.337 e. The van der Waals surface area contributed by atoms with Crippen LogP contribution < -0.4 is 4.90 Å². The molecule has 3 rings (SSSR count). The summed E-state index contributed by atoms with van der Waals surface area (Å²) in [5.41, 5.74) is 1.23. The van der Waals surface area contributed by atoms with Gasteiger partial charge >= 0.3 is 5.97 Å². The molecule has 1 aromatic carbocycles. The Bertz CT molecular complexity index is 800. The van der Waals surface area contributed by atoms with E-state index in [1.54, 1.807) is 24.3 Å². The highest BCUT2D eigenvalue weighted by Gasteiger charge is 2.24. The summed E-state index contributed by atoms with van der Waals surface area (Å²) in [7, 11) is -1.60. The van der Waals surface area contributed by atoms with Crippen LogP contribution >= 0.6 is 0 Å². The summed E-state index contributed by atoms with van der Waals surface area (Å²) >= 11 is 0. The van der Waals surface area contributed by atoms with E-state index >= 15 is 0 Å². The summed E-state index contributed by atoms with van der Waals surface area (Å²) in [5, 5.41) is 6.98.